The fraction of sp³-hybridized carbons (Fsp3) is 0.714. The Morgan fingerprint density at radius 1 is 1.50 bits per heavy atom. The number of aliphatic imine (C=N–C) groups is 2. The molecule has 0 unspecified atom stereocenters. The van der Waals surface area contributed by atoms with Crippen molar-refractivity contribution in [2.75, 3.05) is 13.1 Å². The molecule has 0 radical (unpaired) electrons. The molecule has 0 aliphatic carbocycles. The van der Waals surface area contributed by atoms with E-state index in [-0.39, 0.29) is 3.42 Å². The summed E-state index contributed by atoms with van der Waals surface area (Å²) < 4.78 is 0.141. The maximum atomic E-state index is 4.36. The molecule has 0 amide bonds. The predicted octanol–water partition coefficient (Wildman–Crippen LogP) is 1.73. The highest BCUT2D eigenvalue weighted by Gasteiger charge is 2.19. The van der Waals surface area contributed by atoms with Gasteiger partial charge in [0.2, 0.25) is 0 Å². The molecule has 1 rings (SSSR count). The van der Waals surface area contributed by atoms with E-state index in [2.05, 4.69) is 46.4 Å². The molecule has 0 saturated carbocycles. The Labute approximate surface area is 75.0 Å². The summed E-state index contributed by atoms with van der Waals surface area (Å²) in [6.45, 7) is 6.00. The van der Waals surface area contributed by atoms with Crippen LogP contribution >= 0.6 is 22.6 Å². The summed E-state index contributed by atoms with van der Waals surface area (Å²) in [7, 11) is 0. The predicted molar refractivity (Wildman–Crippen MR) is 53.8 cm³/mol. The number of alkyl halides is 1. The van der Waals surface area contributed by atoms with Crippen LogP contribution in [0.15, 0.2) is 9.98 Å². The second kappa shape index (κ2) is 2.98. The minimum atomic E-state index is 0.141. The summed E-state index contributed by atoms with van der Waals surface area (Å²) in [6, 6.07) is 0. The van der Waals surface area contributed by atoms with Crippen molar-refractivity contribution >= 4 is 34.5 Å². The van der Waals surface area contributed by atoms with E-state index in [1.807, 2.05) is 6.21 Å². The summed E-state index contributed by atoms with van der Waals surface area (Å²) in [5, 5.41) is 0. The van der Waals surface area contributed by atoms with Crippen LogP contribution in [0, 0.1) is 0 Å². The summed E-state index contributed by atoms with van der Waals surface area (Å²) in [4.78, 5) is 8.52. The van der Waals surface area contributed by atoms with Gasteiger partial charge in [0.05, 0.1) is 22.2 Å². The molecule has 10 heavy (non-hydrogen) atoms. The van der Waals surface area contributed by atoms with Crippen LogP contribution in [0.4, 0.5) is 0 Å². The van der Waals surface area contributed by atoms with E-state index in [1.54, 1.807) is 0 Å². The Kier molecular flexibility index (Phi) is 2.44. The van der Waals surface area contributed by atoms with Gasteiger partial charge in [-0.3, -0.25) is 9.98 Å². The minimum Gasteiger partial charge on any atom is -0.289 e. The molecule has 0 saturated heterocycles. The van der Waals surface area contributed by atoms with Crippen molar-refractivity contribution in [2.24, 2.45) is 9.98 Å². The molecule has 2 nitrogen and oxygen atoms in total. The molecule has 0 aromatic rings. The van der Waals surface area contributed by atoms with Crippen LogP contribution in [0.3, 0.4) is 0 Å². The maximum Gasteiger partial charge on any atom is 0.0680 e. The lowest BCUT2D eigenvalue weighted by Gasteiger charge is -2.17. The van der Waals surface area contributed by atoms with Crippen molar-refractivity contribution in [1.29, 1.82) is 0 Å². The molecule has 0 atom stereocenters. The first kappa shape index (κ1) is 8.17. The van der Waals surface area contributed by atoms with E-state index in [0.29, 0.717) is 0 Å². The highest BCUT2D eigenvalue weighted by atomic mass is 127. The number of hydrogen-bond acceptors (Lipinski definition) is 2. The van der Waals surface area contributed by atoms with Crippen molar-refractivity contribution in [3.05, 3.63) is 0 Å². The van der Waals surface area contributed by atoms with Crippen LogP contribution in [0.2, 0.25) is 0 Å². The van der Waals surface area contributed by atoms with Gasteiger partial charge >= 0.3 is 0 Å². The van der Waals surface area contributed by atoms with Crippen LogP contribution in [0.1, 0.15) is 13.8 Å². The van der Waals surface area contributed by atoms with Gasteiger partial charge in [0.25, 0.3) is 0 Å². The molecule has 1 aliphatic rings. The van der Waals surface area contributed by atoms with Crippen LogP contribution in [0.25, 0.3) is 0 Å². The number of nitrogens with zero attached hydrogens (tertiary/aromatic N) is 2. The highest BCUT2D eigenvalue weighted by molar-refractivity contribution is 14.1. The number of hydrogen-bond donors (Lipinski definition) is 0. The third-order valence-corrected chi connectivity index (χ3v) is 1.89. The second-order valence-corrected chi connectivity index (χ2v) is 5.47. The quantitative estimate of drug-likeness (QED) is 0.500. The van der Waals surface area contributed by atoms with Gasteiger partial charge in [-0.15, -0.1) is 0 Å². The average molecular weight is 250 g/mol. The van der Waals surface area contributed by atoms with E-state index in [4.69, 9.17) is 0 Å². The van der Waals surface area contributed by atoms with Crippen LogP contribution in [-0.2, 0) is 0 Å². The van der Waals surface area contributed by atoms with E-state index in [1.165, 1.54) is 0 Å². The Hall–Kier alpha value is 0.0700. The van der Waals surface area contributed by atoms with Gasteiger partial charge in [0.15, 0.2) is 0 Å². The minimum absolute atomic E-state index is 0.141. The average Bonchev–Trinajstić information content (AvgIpc) is 1.88. The maximum absolute atomic E-state index is 4.36. The molecule has 1 heterocycles. The van der Waals surface area contributed by atoms with Crippen molar-refractivity contribution < 1.29 is 0 Å². The summed E-state index contributed by atoms with van der Waals surface area (Å²) >= 11 is 2.37. The van der Waals surface area contributed by atoms with E-state index in [0.717, 1.165) is 18.8 Å². The summed E-state index contributed by atoms with van der Waals surface area (Å²) in [6.07, 6.45) is 1.88. The lowest BCUT2D eigenvalue weighted by atomic mass is 10.1. The molecule has 56 valence electrons. The lowest BCUT2D eigenvalue weighted by Crippen LogP contribution is -2.27. The third-order valence-electron chi connectivity index (χ3n) is 1.33. The first-order valence-corrected chi connectivity index (χ1v) is 4.42. The van der Waals surface area contributed by atoms with Gasteiger partial charge < -0.3 is 0 Å². The SMILES string of the molecule is CC(C)(I)C1=NCCN=C1. The van der Waals surface area contributed by atoms with E-state index in [9.17, 15) is 0 Å². The Bertz CT molecular complexity index is 177. The van der Waals surface area contributed by atoms with Gasteiger partial charge in [-0.25, -0.2) is 0 Å². The fourth-order valence-corrected chi connectivity index (χ4v) is 1.07. The smallest absolute Gasteiger partial charge is 0.0680 e. The van der Waals surface area contributed by atoms with Crippen molar-refractivity contribution in [3.8, 4) is 0 Å². The molecular formula is C7H11IN2. The zero-order valence-corrected chi connectivity index (χ0v) is 8.42. The summed E-state index contributed by atoms with van der Waals surface area (Å²) in [5.41, 5.74) is 1.11. The largest absolute Gasteiger partial charge is 0.289 e. The molecule has 0 spiro atoms. The first-order valence-electron chi connectivity index (χ1n) is 3.34. The fourth-order valence-electron chi connectivity index (χ4n) is 0.762. The Morgan fingerprint density at radius 3 is 2.50 bits per heavy atom. The van der Waals surface area contributed by atoms with Gasteiger partial charge in [0, 0.05) is 6.21 Å². The van der Waals surface area contributed by atoms with Crippen molar-refractivity contribution in [3.63, 3.8) is 0 Å². The molecule has 0 bridgehead atoms. The Morgan fingerprint density at radius 2 is 2.20 bits per heavy atom. The standard InChI is InChI=1S/C7H11IN2/c1-7(2,8)6-5-9-3-4-10-6/h5H,3-4H2,1-2H3. The normalized spacial score (nSPS) is 18.9. The van der Waals surface area contributed by atoms with Crippen LogP contribution in [0.5, 0.6) is 0 Å². The van der Waals surface area contributed by atoms with Gasteiger partial charge in [-0.2, -0.15) is 0 Å². The van der Waals surface area contributed by atoms with E-state index < -0.39 is 0 Å². The molecule has 0 N–H and O–H groups in total. The lowest BCUT2D eigenvalue weighted by molar-refractivity contribution is 0.925. The molecule has 0 aromatic carbocycles. The van der Waals surface area contributed by atoms with Crippen molar-refractivity contribution in [1.82, 2.24) is 0 Å². The third kappa shape index (κ3) is 2.04. The zero-order chi connectivity index (χ0) is 7.61. The molecule has 0 aromatic heterocycles. The van der Waals surface area contributed by atoms with Gasteiger partial charge in [-0.1, -0.05) is 22.6 Å². The van der Waals surface area contributed by atoms with Crippen LogP contribution < -0.4 is 0 Å². The molecule has 1 aliphatic heterocycles. The topological polar surface area (TPSA) is 24.7 Å². The first-order chi connectivity index (χ1) is 4.61. The summed E-state index contributed by atoms with van der Waals surface area (Å²) in [5.74, 6) is 0. The van der Waals surface area contributed by atoms with Gasteiger partial charge in [0.1, 0.15) is 0 Å². The monoisotopic (exact) mass is 250 g/mol. The molecule has 0 fully saturated rings. The number of halogens is 1. The Balaban J connectivity index is 2.73. The molecule has 3 heteroatoms. The van der Waals surface area contributed by atoms with Gasteiger partial charge in [-0.05, 0) is 13.8 Å². The van der Waals surface area contributed by atoms with E-state index >= 15 is 0 Å². The number of rotatable bonds is 1. The highest BCUT2D eigenvalue weighted by Crippen LogP contribution is 2.18. The second-order valence-electron chi connectivity index (χ2n) is 2.77. The van der Waals surface area contributed by atoms with Crippen molar-refractivity contribution in [2.45, 2.75) is 17.3 Å². The zero-order valence-electron chi connectivity index (χ0n) is 6.26. The molecular weight excluding hydrogens is 239 g/mol. The van der Waals surface area contributed by atoms with Crippen LogP contribution in [-0.4, -0.2) is 28.4 Å².